The molecule has 0 heterocycles. The van der Waals surface area contributed by atoms with E-state index in [0.29, 0.717) is 19.1 Å². The van der Waals surface area contributed by atoms with E-state index in [4.69, 9.17) is 0 Å². The number of hydrogen-bond donors (Lipinski definition) is 3. The van der Waals surface area contributed by atoms with E-state index in [0.717, 1.165) is 11.2 Å². The van der Waals surface area contributed by atoms with Crippen LogP contribution in [0, 0.1) is 5.92 Å². The molecule has 0 aromatic heterocycles. The van der Waals surface area contributed by atoms with Crippen LogP contribution in [0.15, 0.2) is 4.99 Å². The quantitative estimate of drug-likeness (QED) is 0.379. The molecule has 1 amide bonds. The zero-order valence-corrected chi connectivity index (χ0v) is 14.6. The van der Waals surface area contributed by atoms with Gasteiger partial charge in [-0.1, -0.05) is 20.8 Å². The number of carbonyl (C=O) groups is 1. The first-order chi connectivity index (χ1) is 10.1. The zero-order chi connectivity index (χ0) is 15.7. The van der Waals surface area contributed by atoms with Crippen LogP contribution >= 0.6 is 11.8 Å². The molecular formula is C15H30N4OS. The molecule has 1 fully saturated rings. The average molecular weight is 314 g/mol. The molecule has 0 bridgehead atoms. The lowest BCUT2D eigenvalue weighted by Gasteiger charge is -2.17. The molecule has 0 spiro atoms. The lowest BCUT2D eigenvalue weighted by atomic mass is 10.2. The molecule has 6 heteroatoms. The van der Waals surface area contributed by atoms with Gasteiger partial charge in [0.2, 0.25) is 5.91 Å². The van der Waals surface area contributed by atoms with Crippen molar-refractivity contribution in [3.05, 3.63) is 0 Å². The number of aliphatic imine (C=N–C) groups is 1. The Bertz CT molecular complexity index is 347. The Balaban J connectivity index is 2.19. The Labute approximate surface area is 133 Å². The molecule has 1 aliphatic carbocycles. The summed E-state index contributed by atoms with van der Waals surface area (Å²) in [7, 11) is 1.79. The minimum Gasteiger partial charge on any atom is -0.355 e. The summed E-state index contributed by atoms with van der Waals surface area (Å²) in [6.45, 7) is 7.33. The Hall–Kier alpha value is -0.910. The fourth-order valence-electron chi connectivity index (χ4n) is 2.42. The second-order valence-electron chi connectivity index (χ2n) is 5.68. The summed E-state index contributed by atoms with van der Waals surface area (Å²) in [4.78, 5) is 15.7. The second kappa shape index (κ2) is 9.92. The standard InChI is InChI=1S/C15H30N4OS/c1-5-21-13-7-6-12(10-13)19-15(16-4)18-9-8-17-14(20)11(2)3/h11-13H,5-10H2,1-4H3,(H,17,20)(H2,16,18,19). The van der Waals surface area contributed by atoms with Crippen LogP contribution in [0.5, 0.6) is 0 Å². The molecule has 0 aliphatic heterocycles. The smallest absolute Gasteiger partial charge is 0.222 e. The molecule has 2 unspecified atom stereocenters. The molecule has 122 valence electrons. The van der Waals surface area contributed by atoms with Crippen molar-refractivity contribution in [2.75, 3.05) is 25.9 Å². The van der Waals surface area contributed by atoms with Crippen LogP contribution in [-0.2, 0) is 4.79 Å². The van der Waals surface area contributed by atoms with Crippen LogP contribution in [0.1, 0.15) is 40.0 Å². The lowest BCUT2D eigenvalue weighted by Crippen LogP contribution is -2.45. The Kier molecular flexibility index (Phi) is 8.57. The first-order valence-corrected chi connectivity index (χ1v) is 8.98. The highest BCUT2D eigenvalue weighted by Crippen LogP contribution is 2.29. The zero-order valence-electron chi connectivity index (χ0n) is 13.7. The molecule has 0 radical (unpaired) electrons. The number of nitrogens with one attached hydrogen (secondary N) is 3. The third-order valence-corrected chi connectivity index (χ3v) is 4.83. The molecule has 2 atom stereocenters. The van der Waals surface area contributed by atoms with Crippen molar-refractivity contribution in [1.29, 1.82) is 0 Å². The normalized spacial score (nSPS) is 22.4. The van der Waals surface area contributed by atoms with Gasteiger partial charge in [-0.05, 0) is 25.0 Å². The van der Waals surface area contributed by atoms with Crippen LogP contribution in [0.3, 0.4) is 0 Å². The maximum atomic E-state index is 11.4. The van der Waals surface area contributed by atoms with Gasteiger partial charge >= 0.3 is 0 Å². The predicted octanol–water partition coefficient (Wildman–Crippen LogP) is 1.60. The fraction of sp³-hybridized carbons (Fsp3) is 0.867. The monoisotopic (exact) mass is 314 g/mol. The van der Waals surface area contributed by atoms with Crippen molar-refractivity contribution >= 4 is 23.6 Å². The summed E-state index contributed by atoms with van der Waals surface area (Å²) in [5.41, 5.74) is 0. The van der Waals surface area contributed by atoms with Crippen LogP contribution in [-0.4, -0.2) is 49.0 Å². The van der Waals surface area contributed by atoms with Crippen molar-refractivity contribution in [1.82, 2.24) is 16.0 Å². The molecule has 0 aromatic rings. The highest BCUT2D eigenvalue weighted by Gasteiger charge is 2.24. The van der Waals surface area contributed by atoms with Gasteiger partial charge in [-0.15, -0.1) is 0 Å². The molecule has 1 rings (SSSR count). The minimum atomic E-state index is 0.0360. The van der Waals surface area contributed by atoms with Crippen LogP contribution in [0.4, 0.5) is 0 Å². The molecule has 0 aromatic carbocycles. The number of rotatable bonds is 7. The van der Waals surface area contributed by atoms with Gasteiger partial charge in [0.05, 0.1) is 0 Å². The molecular weight excluding hydrogens is 284 g/mol. The summed E-state index contributed by atoms with van der Waals surface area (Å²) >= 11 is 2.06. The van der Waals surface area contributed by atoms with Gasteiger partial charge in [0.15, 0.2) is 5.96 Å². The van der Waals surface area contributed by atoms with Gasteiger partial charge in [0, 0.05) is 37.3 Å². The van der Waals surface area contributed by atoms with E-state index in [1.54, 1.807) is 7.05 Å². The predicted molar refractivity (Wildman–Crippen MR) is 91.9 cm³/mol. The summed E-state index contributed by atoms with van der Waals surface area (Å²) < 4.78 is 0. The van der Waals surface area contributed by atoms with E-state index in [9.17, 15) is 4.79 Å². The Morgan fingerprint density at radius 2 is 2.00 bits per heavy atom. The summed E-state index contributed by atoms with van der Waals surface area (Å²) in [5, 5.41) is 10.4. The van der Waals surface area contributed by atoms with Crippen molar-refractivity contribution in [2.45, 2.75) is 51.3 Å². The van der Waals surface area contributed by atoms with Crippen molar-refractivity contribution in [3.8, 4) is 0 Å². The number of guanidine groups is 1. The first kappa shape index (κ1) is 18.1. The van der Waals surface area contributed by atoms with Crippen LogP contribution in [0.2, 0.25) is 0 Å². The average Bonchev–Trinajstić information content (AvgIpc) is 2.89. The SMILES string of the molecule is CCSC1CCC(NC(=NC)NCCNC(=O)C(C)C)C1. The van der Waals surface area contributed by atoms with Gasteiger partial charge in [-0.2, -0.15) is 11.8 Å². The number of nitrogens with zero attached hydrogens (tertiary/aromatic N) is 1. The highest BCUT2D eigenvalue weighted by atomic mass is 32.2. The lowest BCUT2D eigenvalue weighted by molar-refractivity contribution is -0.123. The van der Waals surface area contributed by atoms with Gasteiger partial charge in [-0.25, -0.2) is 0 Å². The summed E-state index contributed by atoms with van der Waals surface area (Å²) in [5.74, 6) is 2.16. The number of carbonyl (C=O) groups excluding carboxylic acids is 1. The second-order valence-corrected chi connectivity index (χ2v) is 7.25. The van der Waals surface area contributed by atoms with Crippen molar-refractivity contribution in [3.63, 3.8) is 0 Å². The highest BCUT2D eigenvalue weighted by molar-refractivity contribution is 7.99. The maximum absolute atomic E-state index is 11.4. The molecule has 21 heavy (non-hydrogen) atoms. The summed E-state index contributed by atoms with van der Waals surface area (Å²) in [6, 6.07) is 0.519. The third kappa shape index (κ3) is 7.07. The van der Waals surface area contributed by atoms with E-state index in [2.05, 4.69) is 39.6 Å². The Morgan fingerprint density at radius 1 is 1.29 bits per heavy atom. The van der Waals surface area contributed by atoms with E-state index in [1.165, 1.54) is 25.0 Å². The fourth-order valence-corrected chi connectivity index (χ4v) is 3.56. The van der Waals surface area contributed by atoms with Gasteiger partial charge < -0.3 is 16.0 Å². The number of thioether (sulfide) groups is 1. The first-order valence-electron chi connectivity index (χ1n) is 7.93. The minimum absolute atomic E-state index is 0.0360. The molecule has 3 N–H and O–H groups in total. The molecule has 0 saturated heterocycles. The van der Waals surface area contributed by atoms with E-state index in [1.807, 2.05) is 13.8 Å². The van der Waals surface area contributed by atoms with E-state index in [-0.39, 0.29) is 11.8 Å². The molecule has 1 saturated carbocycles. The summed E-state index contributed by atoms with van der Waals surface area (Å²) in [6.07, 6.45) is 3.71. The van der Waals surface area contributed by atoms with Gasteiger partial charge in [0.1, 0.15) is 0 Å². The molecule has 1 aliphatic rings. The van der Waals surface area contributed by atoms with Crippen molar-refractivity contribution < 1.29 is 4.79 Å². The van der Waals surface area contributed by atoms with E-state index >= 15 is 0 Å². The van der Waals surface area contributed by atoms with Gasteiger partial charge in [0.25, 0.3) is 0 Å². The maximum Gasteiger partial charge on any atom is 0.222 e. The molecule has 5 nitrogen and oxygen atoms in total. The van der Waals surface area contributed by atoms with Crippen LogP contribution < -0.4 is 16.0 Å². The van der Waals surface area contributed by atoms with Crippen LogP contribution in [0.25, 0.3) is 0 Å². The largest absolute Gasteiger partial charge is 0.355 e. The number of hydrogen-bond acceptors (Lipinski definition) is 3. The van der Waals surface area contributed by atoms with Gasteiger partial charge in [-0.3, -0.25) is 9.79 Å². The Morgan fingerprint density at radius 3 is 2.62 bits per heavy atom. The number of amides is 1. The van der Waals surface area contributed by atoms with E-state index < -0.39 is 0 Å². The topological polar surface area (TPSA) is 65.5 Å². The van der Waals surface area contributed by atoms with Crippen molar-refractivity contribution in [2.24, 2.45) is 10.9 Å². The third-order valence-electron chi connectivity index (χ3n) is 3.59.